The normalized spacial score (nSPS) is 11.8. The number of rotatable bonds is 6. The van der Waals surface area contributed by atoms with Crippen LogP contribution in [0.5, 0.6) is 5.75 Å². The first-order chi connectivity index (χ1) is 14.5. The molecule has 0 spiro atoms. The number of hydrogen-bond donors (Lipinski definition) is 0. The number of methoxy groups -OCH3 is 1. The molecule has 152 valence electrons. The molecular weight excluding hydrogens is 384 g/mol. The first kappa shape index (κ1) is 19.4. The Morgan fingerprint density at radius 3 is 2.50 bits per heavy atom. The molecule has 1 atom stereocenters. The fourth-order valence-electron chi connectivity index (χ4n) is 2.84. The number of ether oxygens (including phenoxy) is 2. The van der Waals surface area contributed by atoms with Gasteiger partial charge in [-0.1, -0.05) is 35.9 Å². The van der Waals surface area contributed by atoms with Crippen LogP contribution < -0.4 is 4.74 Å². The molecule has 30 heavy (non-hydrogen) atoms. The van der Waals surface area contributed by atoms with Crippen LogP contribution in [0.25, 0.3) is 17.1 Å². The van der Waals surface area contributed by atoms with Crippen molar-refractivity contribution in [2.45, 2.75) is 20.0 Å². The van der Waals surface area contributed by atoms with Gasteiger partial charge in [-0.2, -0.15) is 5.10 Å². The molecule has 0 radical (unpaired) electrons. The third-order valence-electron chi connectivity index (χ3n) is 4.49. The Balaban J connectivity index is 1.51. The maximum absolute atomic E-state index is 12.7. The summed E-state index contributed by atoms with van der Waals surface area (Å²) in [6.07, 6.45) is 0.870. The van der Waals surface area contributed by atoms with Crippen LogP contribution in [-0.2, 0) is 4.74 Å². The Morgan fingerprint density at radius 1 is 1.07 bits per heavy atom. The molecule has 0 bridgehead atoms. The maximum atomic E-state index is 12.7. The van der Waals surface area contributed by atoms with E-state index < -0.39 is 12.1 Å². The van der Waals surface area contributed by atoms with E-state index in [1.807, 2.05) is 61.5 Å². The van der Waals surface area contributed by atoms with Crippen LogP contribution in [0.1, 0.15) is 35.0 Å². The summed E-state index contributed by atoms with van der Waals surface area (Å²) in [6.45, 7) is 3.66. The van der Waals surface area contributed by atoms with Gasteiger partial charge in [-0.25, -0.2) is 9.48 Å². The summed E-state index contributed by atoms with van der Waals surface area (Å²) in [5, 5.41) is 12.4. The minimum absolute atomic E-state index is 0.0616. The van der Waals surface area contributed by atoms with E-state index >= 15 is 0 Å². The predicted molar refractivity (Wildman–Crippen MR) is 108 cm³/mol. The van der Waals surface area contributed by atoms with E-state index in [1.54, 1.807) is 17.8 Å². The lowest BCUT2D eigenvalue weighted by atomic mass is 10.1. The van der Waals surface area contributed by atoms with Gasteiger partial charge in [-0.3, -0.25) is 0 Å². The highest BCUT2D eigenvalue weighted by molar-refractivity contribution is 5.90. The van der Waals surface area contributed by atoms with E-state index in [1.165, 1.54) is 7.11 Å². The van der Waals surface area contributed by atoms with Crippen molar-refractivity contribution < 1.29 is 18.7 Å². The molecule has 0 fully saturated rings. The standard InChI is InChI=1S/C22H20N4O4/c1-14-9-11-16(12-10-14)21-24-23-20(30-21)15(2)29-22(27)19-18(28-3)13-26(25-19)17-7-5-4-6-8-17/h4-13,15H,1-3H3/t15-/m1/s1. The fourth-order valence-corrected chi connectivity index (χ4v) is 2.84. The number of benzene rings is 2. The summed E-state index contributed by atoms with van der Waals surface area (Å²) in [4.78, 5) is 12.7. The zero-order valence-electron chi connectivity index (χ0n) is 16.8. The smallest absolute Gasteiger partial charge is 0.363 e. The Morgan fingerprint density at radius 2 is 1.80 bits per heavy atom. The molecule has 0 saturated heterocycles. The summed E-state index contributed by atoms with van der Waals surface area (Å²) in [5.41, 5.74) is 2.78. The summed E-state index contributed by atoms with van der Waals surface area (Å²) in [5.74, 6) is 0.213. The molecule has 0 saturated carbocycles. The zero-order chi connectivity index (χ0) is 21.1. The lowest BCUT2D eigenvalue weighted by Crippen LogP contribution is -2.11. The molecule has 0 aliphatic rings. The van der Waals surface area contributed by atoms with Crippen molar-refractivity contribution in [2.75, 3.05) is 7.11 Å². The van der Waals surface area contributed by atoms with Crippen LogP contribution in [0.15, 0.2) is 65.2 Å². The minimum atomic E-state index is -0.754. The van der Waals surface area contributed by atoms with Crippen LogP contribution in [-0.4, -0.2) is 33.1 Å². The summed E-state index contributed by atoms with van der Waals surface area (Å²) < 4.78 is 18.0. The molecule has 0 aliphatic carbocycles. The quantitative estimate of drug-likeness (QED) is 0.446. The van der Waals surface area contributed by atoms with Crippen molar-refractivity contribution in [1.29, 1.82) is 0 Å². The van der Waals surface area contributed by atoms with E-state index in [0.29, 0.717) is 11.6 Å². The van der Waals surface area contributed by atoms with Gasteiger partial charge in [-0.15, -0.1) is 10.2 Å². The number of para-hydroxylation sites is 1. The Labute approximate surface area is 173 Å². The third-order valence-corrected chi connectivity index (χ3v) is 4.49. The van der Waals surface area contributed by atoms with Crippen LogP contribution in [0.4, 0.5) is 0 Å². The number of esters is 1. The molecule has 8 nitrogen and oxygen atoms in total. The average molecular weight is 404 g/mol. The van der Waals surface area contributed by atoms with E-state index in [-0.39, 0.29) is 11.6 Å². The largest absolute Gasteiger partial charge is 0.493 e. The number of hydrogen-bond acceptors (Lipinski definition) is 7. The van der Waals surface area contributed by atoms with E-state index in [4.69, 9.17) is 13.9 Å². The Kier molecular flexibility index (Phi) is 5.30. The second-order valence-electron chi connectivity index (χ2n) is 6.69. The summed E-state index contributed by atoms with van der Waals surface area (Å²) >= 11 is 0. The first-order valence-corrected chi connectivity index (χ1v) is 9.35. The van der Waals surface area contributed by atoms with Crippen molar-refractivity contribution in [3.8, 4) is 22.9 Å². The molecule has 2 heterocycles. The highest BCUT2D eigenvalue weighted by Crippen LogP contribution is 2.25. The molecule has 0 unspecified atom stereocenters. The zero-order valence-corrected chi connectivity index (χ0v) is 16.8. The van der Waals surface area contributed by atoms with Crippen molar-refractivity contribution in [2.24, 2.45) is 0 Å². The highest BCUT2D eigenvalue weighted by Gasteiger charge is 2.25. The number of aryl methyl sites for hydroxylation is 1. The van der Waals surface area contributed by atoms with Gasteiger partial charge < -0.3 is 13.9 Å². The molecule has 8 heteroatoms. The van der Waals surface area contributed by atoms with Crippen LogP contribution in [0.3, 0.4) is 0 Å². The number of aromatic nitrogens is 4. The lowest BCUT2D eigenvalue weighted by Gasteiger charge is -2.08. The van der Waals surface area contributed by atoms with Gasteiger partial charge in [-0.05, 0) is 38.1 Å². The van der Waals surface area contributed by atoms with Gasteiger partial charge in [0, 0.05) is 5.56 Å². The fraction of sp³-hybridized carbons (Fsp3) is 0.182. The molecule has 4 aromatic rings. The average Bonchev–Trinajstić information content (AvgIpc) is 3.42. The van der Waals surface area contributed by atoms with Gasteiger partial charge in [0.2, 0.25) is 11.6 Å². The molecular formula is C22H20N4O4. The maximum Gasteiger partial charge on any atom is 0.363 e. The van der Waals surface area contributed by atoms with Crippen molar-refractivity contribution in [3.63, 3.8) is 0 Å². The van der Waals surface area contributed by atoms with E-state index in [9.17, 15) is 4.79 Å². The lowest BCUT2D eigenvalue weighted by molar-refractivity contribution is 0.0269. The summed E-state index contributed by atoms with van der Waals surface area (Å²) in [7, 11) is 1.47. The van der Waals surface area contributed by atoms with Crippen LogP contribution >= 0.6 is 0 Å². The SMILES string of the molecule is COc1cn(-c2ccccc2)nc1C(=O)O[C@H](C)c1nnc(-c2ccc(C)cc2)o1. The number of nitrogens with zero attached hydrogens (tertiary/aromatic N) is 4. The van der Waals surface area contributed by atoms with Crippen molar-refractivity contribution in [1.82, 2.24) is 20.0 Å². The highest BCUT2D eigenvalue weighted by atomic mass is 16.6. The molecule has 0 N–H and O–H groups in total. The summed E-state index contributed by atoms with van der Waals surface area (Å²) in [6, 6.07) is 17.1. The molecule has 0 aliphatic heterocycles. The van der Waals surface area contributed by atoms with Crippen molar-refractivity contribution in [3.05, 3.63) is 77.9 Å². The minimum Gasteiger partial charge on any atom is -0.493 e. The van der Waals surface area contributed by atoms with Gasteiger partial charge in [0.25, 0.3) is 5.89 Å². The molecule has 2 aromatic heterocycles. The van der Waals surface area contributed by atoms with Crippen LogP contribution in [0.2, 0.25) is 0 Å². The monoisotopic (exact) mass is 404 g/mol. The molecule has 0 amide bonds. The second-order valence-corrected chi connectivity index (χ2v) is 6.69. The first-order valence-electron chi connectivity index (χ1n) is 9.35. The Bertz CT molecular complexity index is 1150. The van der Waals surface area contributed by atoms with E-state index in [0.717, 1.165) is 16.8 Å². The molecule has 4 rings (SSSR count). The van der Waals surface area contributed by atoms with Gasteiger partial charge in [0.05, 0.1) is 19.0 Å². The van der Waals surface area contributed by atoms with Gasteiger partial charge in [0.1, 0.15) is 0 Å². The van der Waals surface area contributed by atoms with E-state index in [2.05, 4.69) is 15.3 Å². The van der Waals surface area contributed by atoms with Gasteiger partial charge in [0.15, 0.2) is 11.9 Å². The predicted octanol–water partition coefficient (Wildman–Crippen LogP) is 4.16. The number of carbonyl (C=O) groups is 1. The topological polar surface area (TPSA) is 92.3 Å². The van der Waals surface area contributed by atoms with Gasteiger partial charge >= 0.3 is 5.97 Å². The van der Waals surface area contributed by atoms with Crippen molar-refractivity contribution >= 4 is 5.97 Å². The van der Waals surface area contributed by atoms with Crippen LogP contribution in [0, 0.1) is 6.92 Å². The number of carbonyl (C=O) groups excluding carboxylic acids is 1. The molecule has 2 aromatic carbocycles. The Hall–Kier alpha value is -3.94. The third kappa shape index (κ3) is 3.93. The second kappa shape index (κ2) is 8.20.